The summed E-state index contributed by atoms with van der Waals surface area (Å²) >= 11 is 0. The lowest BCUT2D eigenvalue weighted by atomic mass is 9.75. The van der Waals surface area contributed by atoms with Gasteiger partial charge in [-0.15, -0.1) is 0 Å². The van der Waals surface area contributed by atoms with Crippen molar-refractivity contribution in [2.45, 2.75) is 31.3 Å². The Hall–Kier alpha value is -0.0400. The van der Waals surface area contributed by atoms with Crippen LogP contribution in [0.25, 0.3) is 0 Å². The average Bonchev–Trinajstić information content (AvgIpc) is 1.58. The van der Waals surface area contributed by atoms with Crippen molar-refractivity contribution in [3.8, 4) is 0 Å². The van der Waals surface area contributed by atoms with Crippen LogP contribution < -0.4 is 0 Å². The summed E-state index contributed by atoms with van der Waals surface area (Å²) in [5.74, 6) is 0. The van der Waals surface area contributed by atoms with E-state index < -0.39 is 0 Å². The Balaban J connectivity index is 2.03. The smallest absolute Gasteiger partial charge is 0.0704 e. The lowest BCUT2D eigenvalue weighted by molar-refractivity contribution is -0.190. The molecule has 2 rings (SSSR count). The summed E-state index contributed by atoms with van der Waals surface area (Å²) in [7, 11) is 0. The first-order valence-electron chi connectivity index (χ1n) is 3.47. The third kappa shape index (κ3) is 0.367. The van der Waals surface area contributed by atoms with Gasteiger partial charge in [0.1, 0.15) is 0 Å². The number of ether oxygens (including phenoxy) is 1. The summed E-state index contributed by atoms with van der Waals surface area (Å²) < 4.78 is 12.7. The summed E-state index contributed by atoms with van der Waals surface area (Å²) in [5, 5.41) is 0. The van der Waals surface area contributed by atoms with Crippen LogP contribution in [0.5, 0.6) is 0 Å². The highest BCUT2D eigenvalue weighted by molar-refractivity contribution is 4.94. The van der Waals surface area contributed by atoms with Gasteiger partial charge in [0.05, 0.1) is 12.2 Å². The van der Waals surface area contributed by atoms with Gasteiger partial charge < -0.3 is 4.74 Å². The fourth-order valence-corrected chi connectivity index (χ4v) is 1.19. The van der Waals surface area contributed by atoms with E-state index in [9.17, 15) is 0 Å². The number of hydrogen-bond donors (Lipinski definition) is 0. The standard InChI is InChI=1S/C6H10O/c1-2-6(3-1)4-5-7-6/h1-5H2/i2D. The van der Waals surface area contributed by atoms with Crippen LogP contribution >= 0.6 is 0 Å². The molecule has 0 aromatic carbocycles. The largest absolute Gasteiger partial charge is 0.375 e. The van der Waals surface area contributed by atoms with Crippen LogP contribution in [0.3, 0.4) is 0 Å². The molecular weight excluding hydrogens is 88.1 g/mol. The van der Waals surface area contributed by atoms with Gasteiger partial charge in [0.2, 0.25) is 0 Å². The van der Waals surface area contributed by atoms with Crippen LogP contribution in [0.15, 0.2) is 0 Å². The molecule has 0 bridgehead atoms. The van der Waals surface area contributed by atoms with Crippen LogP contribution in [0.2, 0.25) is 0 Å². The first-order chi connectivity index (χ1) is 3.83. The molecule has 2 atom stereocenters. The number of hydrogen-bond acceptors (Lipinski definition) is 1. The van der Waals surface area contributed by atoms with Gasteiger partial charge in [-0.05, 0) is 25.7 Å². The van der Waals surface area contributed by atoms with Crippen LogP contribution in [0.4, 0.5) is 0 Å². The van der Waals surface area contributed by atoms with Gasteiger partial charge in [0, 0.05) is 1.37 Å². The second-order valence-corrected chi connectivity index (χ2v) is 2.41. The summed E-state index contributed by atoms with van der Waals surface area (Å²) in [5.41, 5.74) is 0.0694. The lowest BCUT2D eigenvalue weighted by Crippen LogP contribution is -2.49. The van der Waals surface area contributed by atoms with Crippen molar-refractivity contribution in [3.63, 3.8) is 0 Å². The zero-order valence-corrected chi connectivity index (χ0v) is 4.31. The molecule has 0 amide bonds. The zero-order chi connectivity index (χ0) is 5.61. The molecule has 2 fully saturated rings. The molecule has 1 aliphatic heterocycles. The van der Waals surface area contributed by atoms with Gasteiger partial charge in [0.25, 0.3) is 0 Å². The van der Waals surface area contributed by atoms with Crippen LogP contribution in [0.1, 0.15) is 27.0 Å². The maximum atomic E-state index is 7.39. The van der Waals surface area contributed by atoms with E-state index >= 15 is 0 Å². The predicted molar refractivity (Wildman–Crippen MR) is 27.2 cm³/mol. The third-order valence-electron chi connectivity index (χ3n) is 2.00. The second-order valence-electron chi connectivity index (χ2n) is 2.41. The molecule has 7 heavy (non-hydrogen) atoms. The van der Waals surface area contributed by atoms with E-state index in [0.29, 0.717) is 0 Å². The second kappa shape index (κ2) is 1.03. The molecular formula is C6H10O. The molecule has 1 saturated heterocycles. The Kier molecular flexibility index (Phi) is 0.451. The highest BCUT2D eigenvalue weighted by atomic mass is 16.5. The highest BCUT2D eigenvalue weighted by Gasteiger charge is 2.43. The fourth-order valence-electron chi connectivity index (χ4n) is 1.19. The van der Waals surface area contributed by atoms with Gasteiger partial charge in [0.15, 0.2) is 0 Å². The molecule has 40 valence electrons. The van der Waals surface area contributed by atoms with E-state index in [1.165, 1.54) is 0 Å². The quantitative estimate of drug-likeness (QED) is 0.445. The first-order valence-corrected chi connectivity index (χ1v) is 2.90. The molecule has 1 heterocycles. The SMILES string of the molecule is [2H]C1CCC12CCO2. The van der Waals surface area contributed by atoms with Crippen LogP contribution in [-0.4, -0.2) is 12.2 Å². The van der Waals surface area contributed by atoms with Crippen LogP contribution in [-0.2, 0) is 4.74 Å². The van der Waals surface area contributed by atoms with Crippen molar-refractivity contribution >= 4 is 0 Å². The van der Waals surface area contributed by atoms with Crippen molar-refractivity contribution in [1.82, 2.24) is 0 Å². The minimum Gasteiger partial charge on any atom is -0.375 e. The Morgan fingerprint density at radius 2 is 2.43 bits per heavy atom. The maximum Gasteiger partial charge on any atom is 0.0704 e. The molecule has 2 unspecified atom stereocenters. The van der Waals surface area contributed by atoms with E-state index in [1.807, 2.05) is 0 Å². The Morgan fingerprint density at radius 3 is 2.43 bits per heavy atom. The maximum absolute atomic E-state index is 7.39. The molecule has 1 spiro atoms. The molecule has 0 radical (unpaired) electrons. The summed E-state index contributed by atoms with van der Waals surface area (Å²) in [6.45, 7) is 0.898. The zero-order valence-electron chi connectivity index (χ0n) is 5.31. The van der Waals surface area contributed by atoms with Gasteiger partial charge in [-0.25, -0.2) is 0 Å². The van der Waals surface area contributed by atoms with Crippen molar-refractivity contribution in [3.05, 3.63) is 0 Å². The third-order valence-corrected chi connectivity index (χ3v) is 2.00. The van der Waals surface area contributed by atoms with E-state index in [-0.39, 0.29) is 12.0 Å². The van der Waals surface area contributed by atoms with E-state index in [4.69, 9.17) is 6.11 Å². The molecule has 1 saturated carbocycles. The summed E-state index contributed by atoms with van der Waals surface area (Å²) in [6, 6.07) is 0. The van der Waals surface area contributed by atoms with Crippen molar-refractivity contribution < 1.29 is 6.11 Å². The van der Waals surface area contributed by atoms with Gasteiger partial charge in [-0.3, -0.25) is 0 Å². The van der Waals surface area contributed by atoms with Gasteiger partial charge >= 0.3 is 0 Å². The Labute approximate surface area is 45.1 Å². The summed E-state index contributed by atoms with van der Waals surface area (Å²) in [6.07, 6.45) is 3.44. The van der Waals surface area contributed by atoms with Crippen molar-refractivity contribution in [2.24, 2.45) is 0 Å². The van der Waals surface area contributed by atoms with E-state index in [1.54, 1.807) is 0 Å². The molecule has 1 heteroatoms. The predicted octanol–water partition coefficient (Wildman–Crippen LogP) is 1.33. The molecule has 2 aliphatic rings. The van der Waals surface area contributed by atoms with E-state index in [0.717, 1.165) is 25.9 Å². The number of rotatable bonds is 0. The van der Waals surface area contributed by atoms with E-state index in [2.05, 4.69) is 0 Å². The monoisotopic (exact) mass is 99.1 g/mol. The summed E-state index contributed by atoms with van der Waals surface area (Å²) in [4.78, 5) is 0. The Morgan fingerprint density at radius 1 is 1.57 bits per heavy atom. The van der Waals surface area contributed by atoms with Crippen molar-refractivity contribution in [1.29, 1.82) is 0 Å². The van der Waals surface area contributed by atoms with Crippen molar-refractivity contribution in [2.75, 3.05) is 6.61 Å². The lowest BCUT2D eigenvalue weighted by Gasteiger charge is -2.48. The minimum atomic E-state index is 0.0694. The highest BCUT2D eigenvalue weighted by Crippen LogP contribution is 2.44. The molecule has 1 nitrogen and oxygen atoms in total. The topological polar surface area (TPSA) is 9.23 Å². The van der Waals surface area contributed by atoms with Crippen LogP contribution in [0, 0.1) is 0 Å². The first kappa shape index (κ1) is 3.08. The fraction of sp³-hybridized carbons (Fsp3) is 1.00. The minimum absolute atomic E-state index is 0.0694. The molecule has 0 aromatic rings. The van der Waals surface area contributed by atoms with Gasteiger partial charge in [-0.2, -0.15) is 0 Å². The molecule has 0 aromatic heterocycles. The Bertz CT molecular complexity index is 104. The molecule has 1 aliphatic carbocycles. The average molecular weight is 99.2 g/mol. The normalized spacial score (nSPS) is 60.6. The van der Waals surface area contributed by atoms with Gasteiger partial charge in [-0.1, -0.05) is 0 Å². The molecule has 0 N–H and O–H groups in total.